The van der Waals surface area contributed by atoms with E-state index >= 15 is 0 Å². The normalized spacial score (nSPS) is 22.9. The standard InChI is InChI=1S/C10H14O2/c1-12-10(11)8-7-9-5-3-2-4-6-9/h3,5,7-9H,2,4,6H2,1H3/b8-7+. The fraction of sp³-hybridized carbons (Fsp3) is 0.500. The van der Waals surface area contributed by atoms with E-state index in [0.29, 0.717) is 5.92 Å². The third-order valence-corrected chi connectivity index (χ3v) is 1.97. The zero-order valence-corrected chi connectivity index (χ0v) is 7.32. The molecule has 0 radical (unpaired) electrons. The first-order valence-corrected chi connectivity index (χ1v) is 4.26. The average Bonchev–Trinajstić information content (AvgIpc) is 2.16. The van der Waals surface area contributed by atoms with E-state index in [-0.39, 0.29) is 5.97 Å². The second-order valence-electron chi connectivity index (χ2n) is 2.91. The fourth-order valence-electron chi connectivity index (χ4n) is 1.27. The minimum atomic E-state index is -0.269. The zero-order chi connectivity index (χ0) is 8.81. The van der Waals surface area contributed by atoms with Gasteiger partial charge in [-0.3, -0.25) is 0 Å². The summed E-state index contributed by atoms with van der Waals surface area (Å²) < 4.78 is 4.49. The van der Waals surface area contributed by atoms with Crippen molar-refractivity contribution in [2.45, 2.75) is 19.3 Å². The summed E-state index contributed by atoms with van der Waals surface area (Å²) in [5.41, 5.74) is 0. The highest BCUT2D eigenvalue weighted by atomic mass is 16.5. The van der Waals surface area contributed by atoms with Gasteiger partial charge in [0.15, 0.2) is 0 Å². The summed E-state index contributed by atoms with van der Waals surface area (Å²) in [6.07, 6.45) is 11.2. The van der Waals surface area contributed by atoms with E-state index in [0.717, 1.165) is 6.42 Å². The first-order valence-electron chi connectivity index (χ1n) is 4.26. The van der Waals surface area contributed by atoms with E-state index in [4.69, 9.17) is 0 Å². The van der Waals surface area contributed by atoms with Crippen LogP contribution in [0.3, 0.4) is 0 Å². The highest BCUT2D eigenvalue weighted by Gasteiger charge is 2.04. The van der Waals surface area contributed by atoms with E-state index in [9.17, 15) is 4.79 Å². The molecule has 0 saturated carbocycles. The Bertz CT molecular complexity index is 204. The van der Waals surface area contributed by atoms with Gasteiger partial charge in [-0.25, -0.2) is 4.79 Å². The summed E-state index contributed by atoms with van der Waals surface area (Å²) in [6, 6.07) is 0. The van der Waals surface area contributed by atoms with Crippen LogP contribution in [0.2, 0.25) is 0 Å². The lowest BCUT2D eigenvalue weighted by Crippen LogP contribution is -1.99. The summed E-state index contributed by atoms with van der Waals surface area (Å²) in [6.45, 7) is 0. The van der Waals surface area contributed by atoms with Crippen molar-refractivity contribution in [2.75, 3.05) is 7.11 Å². The molecular formula is C10H14O2. The minimum absolute atomic E-state index is 0.269. The molecule has 0 bridgehead atoms. The van der Waals surface area contributed by atoms with Crippen LogP contribution in [-0.4, -0.2) is 13.1 Å². The Labute approximate surface area is 72.9 Å². The van der Waals surface area contributed by atoms with Crippen molar-refractivity contribution in [3.05, 3.63) is 24.3 Å². The van der Waals surface area contributed by atoms with Gasteiger partial charge in [0.1, 0.15) is 0 Å². The molecule has 1 aliphatic carbocycles. The van der Waals surface area contributed by atoms with Crippen molar-refractivity contribution in [2.24, 2.45) is 5.92 Å². The Morgan fingerprint density at radius 1 is 1.67 bits per heavy atom. The van der Waals surface area contributed by atoms with Gasteiger partial charge in [0.2, 0.25) is 0 Å². The van der Waals surface area contributed by atoms with Crippen molar-refractivity contribution in [1.82, 2.24) is 0 Å². The van der Waals surface area contributed by atoms with E-state index in [1.807, 2.05) is 6.08 Å². The molecule has 1 rings (SSSR count). The molecule has 66 valence electrons. The number of allylic oxidation sites excluding steroid dienone is 3. The molecule has 2 nitrogen and oxygen atoms in total. The van der Waals surface area contributed by atoms with Gasteiger partial charge in [0, 0.05) is 6.08 Å². The van der Waals surface area contributed by atoms with E-state index in [1.54, 1.807) is 0 Å². The van der Waals surface area contributed by atoms with Crippen LogP contribution in [0.25, 0.3) is 0 Å². The quantitative estimate of drug-likeness (QED) is 0.356. The van der Waals surface area contributed by atoms with Crippen molar-refractivity contribution in [1.29, 1.82) is 0 Å². The maximum absolute atomic E-state index is 10.7. The van der Waals surface area contributed by atoms with E-state index in [1.165, 1.54) is 26.0 Å². The molecule has 0 aliphatic heterocycles. The van der Waals surface area contributed by atoms with Gasteiger partial charge in [-0.05, 0) is 25.2 Å². The zero-order valence-electron chi connectivity index (χ0n) is 7.32. The molecule has 0 fully saturated rings. The van der Waals surface area contributed by atoms with E-state index in [2.05, 4.69) is 16.9 Å². The molecule has 0 aromatic heterocycles. The van der Waals surface area contributed by atoms with Gasteiger partial charge < -0.3 is 4.74 Å². The summed E-state index contributed by atoms with van der Waals surface area (Å²) in [5.74, 6) is 0.159. The van der Waals surface area contributed by atoms with Crippen LogP contribution in [0, 0.1) is 5.92 Å². The second kappa shape index (κ2) is 4.75. The molecule has 1 atom stereocenters. The smallest absolute Gasteiger partial charge is 0.330 e. The van der Waals surface area contributed by atoms with Crippen LogP contribution in [0.15, 0.2) is 24.3 Å². The summed E-state index contributed by atoms with van der Waals surface area (Å²) >= 11 is 0. The molecule has 0 amide bonds. The van der Waals surface area contributed by atoms with Crippen LogP contribution >= 0.6 is 0 Å². The molecule has 0 N–H and O–H groups in total. The Morgan fingerprint density at radius 3 is 3.08 bits per heavy atom. The Balaban J connectivity index is 2.38. The largest absolute Gasteiger partial charge is 0.466 e. The number of hydrogen-bond acceptors (Lipinski definition) is 2. The maximum Gasteiger partial charge on any atom is 0.330 e. The monoisotopic (exact) mass is 166 g/mol. The predicted molar refractivity (Wildman–Crippen MR) is 47.6 cm³/mol. The highest BCUT2D eigenvalue weighted by Crippen LogP contribution is 2.17. The number of ether oxygens (including phenoxy) is 1. The molecule has 2 heteroatoms. The molecule has 0 spiro atoms. The van der Waals surface area contributed by atoms with Gasteiger partial charge in [0.05, 0.1) is 7.11 Å². The third kappa shape index (κ3) is 2.91. The number of carbonyl (C=O) groups is 1. The first-order chi connectivity index (χ1) is 5.83. The molecule has 12 heavy (non-hydrogen) atoms. The number of rotatable bonds is 2. The number of carbonyl (C=O) groups excluding carboxylic acids is 1. The van der Waals surface area contributed by atoms with Gasteiger partial charge in [0.25, 0.3) is 0 Å². The van der Waals surface area contributed by atoms with Crippen LogP contribution in [-0.2, 0) is 9.53 Å². The maximum atomic E-state index is 10.7. The van der Waals surface area contributed by atoms with Gasteiger partial charge in [-0.15, -0.1) is 0 Å². The molecule has 1 unspecified atom stereocenters. The average molecular weight is 166 g/mol. The molecule has 0 aromatic carbocycles. The minimum Gasteiger partial charge on any atom is -0.466 e. The number of esters is 1. The third-order valence-electron chi connectivity index (χ3n) is 1.97. The van der Waals surface area contributed by atoms with Crippen LogP contribution < -0.4 is 0 Å². The van der Waals surface area contributed by atoms with Gasteiger partial charge >= 0.3 is 5.97 Å². The predicted octanol–water partition coefficient (Wildman–Crippen LogP) is 2.07. The molecular weight excluding hydrogens is 152 g/mol. The Kier molecular flexibility index (Phi) is 3.58. The van der Waals surface area contributed by atoms with Crippen molar-refractivity contribution < 1.29 is 9.53 Å². The topological polar surface area (TPSA) is 26.3 Å². The van der Waals surface area contributed by atoms with Crippen LogP contribution in [0.5, 0.6) is 0 Å². The lowest BCUT2D eigenvalue weighted by molar-refractivity contribution is -0.134. The Morgan fingerprint density at radius 2 is 2.50 bits per heavy atom. The lowest BCUT2D eigenvalue weighted by Gasteiger charge is -2.10. The van der Waals surface area contributed by atoms with Crippen molar-refractivity contribution in [3.8, 4) is 0 Å². The summed E-state index contributed by atoms with van der Waals surface area (Å²) in [7, 11) is 1.39. The fourth-order valence-corrected chi connectivity index (χ4v) is 1.27. The first kappa shape index (κ1) is 9.04. The van der Waals surface area contributed by atoms with Crippen LogP contribution in [0.4, 0.5) is 0 Å². The number of methoxy groups -OCH3 is 1. The second-order valence-corrected chi connectivity index (χ2v) is 2.91. The van der Waals surface area contributed by atoms with Gasteiger partial charge in [-0.2, -0.15) is 0 Å². The molecule has 0 heterocycles. The molecule has 1 aliphatic rings. The Hall–Kier alpha value is -1.05. The molecule has 0 aromatic rings. The van der Waals surface area contributed by atoms with Crippen molar-refractivity contribution >= 4 is 5.97 Å². The highest BCUT2D eigenvalue weighted by molar-refractivity contribution is 5.81. The van der Waals surface area contributed by atoms with Crippen molar-refractivity contribution in [3.63, 3.8) is 0 Å². The van der Waals surface area contributed by atoms with E-state index < -0.39 is 0 Å². The summed E-state index contributed by atoms with van der Waals surface area (Å²) in [4.78, 5) is 10.7. The number of hydrogen-bond donors (Lipinski definition) is 0. The molecule has 0 saturated heterocycles. The van der Waals surface area contributed by atoms with Crippen LogP contribution in [0.1, 0.15) is 19.3 Å². The lowest BCUT2D eigenvalue weighted by atomic mass is 9.96. The summed E-state index contributed by atoms with van der Waals surface area (Å²) in [5, 5.41) is 0. The SMILES string of the molecule is COC(=O)/C=C/C1C=CCCC1. The van der Waals surface area contributed by atoms with Gasteiger partial charge in [-0.1, -0.05) is 18.2 Å².